The summed E-state index contributed by atoms with van der Waals surface area (Å²) in [5, 5.41) is 10.9. The van der Waals surface area contributed by atoms with E-state index < -0.39 is 0 Å². The lowest BCUT2D eigenvalue weighted by molar-refractivity contribution is 0.0948. The Morgan fingerprint density at radius 3 is 2.96 bits per heavy atom. The normalized spacial score (nSPS) is 10.5. The quantitative estimate of drug-likeness (QED) is 0.729. The van der Waals surface area contributed by atoms with Gasteiger partial charge in [-0.25, -0.2) is 4.68 Å². The van der Waals surface area contributed by atoms with Crippen molar-refractivity contribution in [3.8, 4) is 11.4 Å². The van der Waals surface area contributed by atoms with Gasteiger partial charge in [-0.3, -0.25) is 14.8 Å². The summed E-state index contributed by atoms with van der Waals surface area (Å²) in [5.74, 6) is 0.443. The molecule has 1 N–H and O–H groups in total. The van der Waals surface area contributed by atoms with Crippen LogP contribution in [0.25, 0.3) is 5.69 Å². The molecule has 0 spiro atoms. The monoisotopic (exact) mass is 338 g/mol. The van der Waals surface area contributed by atoms with Crippen molar-refractivity contribution in [3.63, 3.8) is 0 Å². The minimum Gasteiger partial charge on any atom is -0.497 e. The van der Waals surface area contributed by atoms with Crippen molar-refractivity contribution in [1.82, 2.24) is 30.3 Å². The van der Waals surface area contributed by atoms with Crippen LogP contribution >= 0.6 is 0 Å². The van der Waals surface area contributed by atoms with E-state index in [2.05, 4.69) is 25.6 Å². The summed E-state index contributed by atoms with van der Waals surface area (Å²) in [6.07, 6.45) is 5.52. The molecule has 0 aliphatic heterocycles. The van der Waals surface area contributed by atoms with Crippen LogP contribution in [0.3, 0.4) is 0 Å². The molecule has 3 aromatic rings. The first-order chi connectivity index (χ1) is 12.2. The van der Waals surface area contributed by atoms with Gasteiger partial charge in [0.1, 0.15) is 5.75 Å². The summed E-state index contributed by atoms with van der Waals surface area (Å²) in [5.41, 5.74) is 2.55. The fourth-order valence-corrected chi connectivity index (χ4v) is 2.37. The second-order valence-electron chi connectivity index (χ2n) is 5.34. The molecule has 0 aliphatic carbocycles. The van der Waals surface area contributed by atoms with Crippen LogP contribution in [-0.2, 0) is 6.42 Å². The number of hydrogen-bond acceptors (Lipinski definition) is 6. The lowest BCUT2D eigenvalue weighted by atomic mass is 10.2. The fraction of sp³-hybridized carbons (Fsp3) is 0.235. The molecular weight excluding hydrogens is 320 g/mol. The average molecular weight is 338 g/mol. The van der Waals surface area contributed by atoms with Crippen molar-refractivity contribution in [1.29, 1.82) is 0 Å². The molecule has 0 atom stereocenters. The number of hydrogen-bond donors (Lipinski definition) is 1. The molecule has 0 bridgehead atoms. The highest BCUT2D eigenvalue weighted by molar-refractivity contribution is 5.93. The summed E-state index contributed by atoms with van der Waals surface area (Å²) in [6, 6.07) is 7.41. The van der Waals surface area contributed by atoms with Crippen molar-refractivity contribution >= 4 is 5.91 Å². The number of carbonyl (C=O) groups is 1. The lowest BCUT2D eigenvalue weighted by Gasteiger charge is -2.06. The summed E-state index contributed by atoms with van der Waals surface area (Å²) in [4.78, 5) is 20.5. The Balaban J connectivity index is 1.68. The number of aromatic nitrogens is 5. The van der Waals surface area contributed by atoms with Crippen molar-refractivity contribution < 1.29 is 9.53 Å². The predicted molar refractivity (Wildman–Crippen MR) is 90.7 cm³/mol. The lowest BCUT2D eigenvalue weighted by Crippen LogP contribution is -2.27. The van der Waals surface area contributed by atoms with E-state index in [9.17, 15) is 4.79 Å². The Bertz CT molecular complexity index is 863. The number of benzene rings is 1. The van der Waals surface area contributed by atoms with Gasteiger partial charge in [-0.15, -0.1) is 5.10 Å². The summed E-state index contributed by atoms with van der Waals surface area (Å²) in [7, 11) is 1.60. The average Bonchev–Trinajstić information content (AvgIpc) is 3.04. The van der Waals surface area contributed by atoms with E-state index in [0.29, 0.717) is 30.1 Å². The summed E-state index contributed by atoms with van der Waals surface area (Å²) < 4.78 is 6.83. The molecular formula is C17H18N6O2. The molecule has 2 heterocycles. The maximum atomic E-state index is 12.3. The smallest absolute Gasteiger partial charge is 0.273 e. The van der Waals surface area contributed by atoms with Gasteiger partial charge in [-0.2, -0.15) is 0 Å². The molecule has 0 aliphatic rings. The molecule has 8 nitrogen and oxygen atoms in total. The van der Waals surface area contributed by atoms with Crippen LogP contribution in [0.1, 0.15) is 21.9 Å². The minimum absolute atomic E-state index is 0.268. The zero-order valence-corrected chi connectivity index (χ0v) is 14.0. The molecule has 1 aromatic carbocycles. The predicted octanol–water partition coefficient (Wildman–Crippen LogP) is 1.35. The number of amides is 1. The highest BCUT2D eigenvalue weighted by atomic mass is 16.5. The summed E-state index contributed by atoms with van der Waals surface area (Å²) >= 11 is 0. The van der Waals surface area contributed by atoms with Gasteiger partial charge >= 0.3 is 0 Å². The second kappa shape index (κ2) is 7.52. The zero-order valence-electron chi connectivity index (χ0n) is 14.0. The van der Waals surface area contributed by atoms with Gasteiger partial charge in [0.05, 0.1) is 24.2 Å². The Hall–Kier alpha value is -3.29. The summed E-state index contributed by atoms with van der Waals surface area (Å²) in [6.45, 7) is 2.25. The Morgan fingerprint density at radius 2 is 2.20 bits per heavy atom. The first-order valence-corrected chi connectivity index (χ1v) is 7.79. The van der Waals surface area contributed by atoms with E-state index in [0.717, 1.165) is 11.4 Å². The van der Waals surface area contributed by atoms with Gasteiger partial charge in [0.15, 0.2) is 5.69 Å². The third-order valence-electron chi connectivity index (χ3n) is 3.69. The zero-order chi connectivity index (χ0) is 17.6. The van der Waals surface area contributed by atoms with Crippen LogP contribution in [0.2, 0.25) is 0 Å². The van der Waals surface area contributed by atoms with Crippen molar-refractivity contribution in [2.75, 3.05) is 13.7 Å². The molecule has 1 amide bonds. The van der Waals surface area contributed by atoms with Crippen LogP contribution in [0, 0.1) is 6.92 Å². The molecule has 128 valence electrons. The number of carbonyl (C=O) groups excluding carboxylic acids is 1. The van der Waals surface area contributed by atoms with Gasteiger partial charge in [0.25, 0.3) is 5.91 Å². The molecule has 2 aromatic heterocycles. The van der Waals surface area contributed by atoms with Gasteiger partial charge in [-0.05, 0) is 19.1 Å². The minimum atomic E-state index is -0.268. The number of ether oxygens (including phenoxy) is 1. The number of methoxy groups -OCH3 is 1. The number of nitrogens with one attached hydrogen (secondary N) is 1. The van der Waals surface area contributed by atoms with Crippen LogP contribution in [0.5, 0.6) is 5.75 Å². The highest BCUT2D eigenvalue weighted by Crippen LogP contribution is 2.18. The maximum absolute atomic E-state index is 12.3. The first-order valence-electron chi connectivity index (χ1n) is 7.79. The van der Waals surface area contributed by atoms with E-state index in [1.165, 1.54) is 0 Å². The fourth-order valence-electron chi connectivity index (χ4n) is 2.37. The molecule has 8 heteroatoms. The Labute approximate surface area is 144 Å². The van der Waals surface area contributed by atoms with Crippen LogP contribution in [-0.4, -0.2) is 44.5 Å². The van der Waals surface area contributed by atoms with E-state index in [-0.39, 0.29) is 5.91 Å². The molecule has 3 rings (SSSR count). The number of rotatable bonds is 6. The molecule has 0 saturated heterocycles. The van der Waals surface area contributed by atoms with Gasteiger partial charge in [-0.1, -0.05) is 11.3 Å². The standard InChI is InChI=1S/C17H18N6O2/c1-12-16(17(24)20-7-6-13-11-18-8-9-19-13)21-22-23(12)14-4-3-5-15(10-14)25-2/h3-5,8-11H,6-7H2,1-2H3,(H,20,24). The molecule has 25 heavy (non-hydrogen) atoms. The highest BCUT2D eigenvalue weighted by Gasteiger charge is 2.17. The molecule has 0 radical (unpaired) electrons. The molecule has 0 fully saturated rings. The third-order valence-corrected chi connectivity index (χ3v) is 3.69. The van der Waals surface area contributed by atoms with Crippen LogP contribution in [0.15, 0.2) is 42.9 Å². The van der Waals surface area contributed by atoms with E-state index in [4.69, 9.17) is 4.74 Å². The largest absolute Gasteiger partial charge is 0.497 e. The van der Waals surface area contributed by atoms with E-state index in [1.807, 2.05) is 24.3 Å². The Morgan fingerprint density at radius 1 is 1.32 bits per heavy atom. The Kier molecular flexibility index (Phi) is 4.98. The van der Waals surface area contributed by atoms with Gasteiger partial charge in [0, 0.05) is 37.6 Å². The van der Waals surface area contributed by atoms with E-state index >= 15 is 0 Å². The van der Waals surface area contributed by atoms with Crippen LogP contribution in [0.4, 0.5) is 0 Å². The third kappa shape index (κ3) is 3.79. The van der Waals surface area contributed by atoms with Crippen molar-refractivity contribution in [2.45, 2.75) is 13.3 Å². The van der Waals surface area contributed by atoms with Gasteiger partial charge < -0.3 is 10.1 Å². The first kappa shape index (κ1) is 16.6. The van der Waals surface area contributed by atoms with Gasteiger partial charge in [0.2, 0.25) is 0 Å². The number of nitrogens with zero attached hydrogens (tertiary/aromatic N) is 5. The SMILES string of the molecule is COc1cccc(-n2nnc(C(=O)NCCc3cnccn3)c2C)c1. The van der Waals surface area contributed by atoms with E-state index in [1.54, 1.807) is 37.3 Å². The molecule has 0 saturated carbocycles. The van der Waals surface area contributed by atoms with Crippen molar-refractivity contribution in [2.24, 2.45) is 0 Å². The topological polar surface area (TPSA) is 94.8 Å². The van der Waals surface area contributed by atoms with Crippen LogP contribution < -0.4 is 10.1 Å². The second-order valence-corrected chi connectivity index (χ2v) is 5.34. The molecule has 0 unspecified atom stereocenters. The van der Waals surface area contributed by atoms with Crippen molar-refractivity contribution in [3.05, 3.63) is 59.9 Å². The maximum Gasteiger partial charge on any atom is 0.273 e.